The highest BCUT2D eigenvalue weighted by Crippen LogP contribution is 2.47. The number of benzene rings is 3. The molecule has 10 heteroatoms. The van der Waals surface area contributed by atoms with Gasteiger partial charge in [-0.25, -0.2) is 8.78 Å². The smallest absolute Gasteiger partial charge is 0.284 e. The summed E-state index contributed by atoms with van der Waals surface area (Å²) in [5.74, 6) is -4.46. The Balaban J connectivity index is 1.45. The van der Waals surface area contributed by atoms with E-state index in [1.54, 1.807) is 35.2 Å². The minimum atomic E-state index is -3.71. The minimum absolute atomic E-state index is 0.0358. The van der Waals surface area contributed by atoms with Gasteiger partial charge in [-0.1, -0.05) is 23.2 Å². The van der Waals surface area contributed by atoms with Crippen molar-refractivity contribution in [2.75, 3.05) is 29.5 Å². The van der Waals surface area contributed by atoms with Gasteiger partial charge in [0, 0.05) is 51.9 Å². The highest BCUT2D eigenvalue weighted by molar-refractivity contribution is 6.31. The number of aliphatic hydroxyl groups excluding tert-OH is 1. The van der Waals surface area contributed by atoms with E-state index >= 15 is 0 Å². The molecule has 192 valence electrons. The Bertz CT molecular complexity index is 1400. The number of halogens is 4. The summed E-state index contributed by atoms with van der Waals surface area (Å²) < 4.78 is 29.9. The van der Waals surface area contributed by atoms with Gasteiger partial charge in [0.2, 0.25) is 0 Å². The fourth-order valence-corrected chi connectivity index (χ4v) is 5.27. The monoisotopic (exact) mass is 546 g/mol. The van der Waals surface area contributed by atoms with Crippen LogP contribution in [0.5, 0.6) is 0 Å². The lowest BCUT2D eigenvalue weighted by molar-refractivity contribution is -0.205. The summed E-state index contributed by atoms with van der Waals surface area (Å²) in [6, 6.07) is 15.4. The molecule has 2 N–H and O–H groups in total. The van der Waals surface area contributed by atoms with Gasteiger partial charge in [-0.2, -0.15) is 0 Å². The Morgan fingerprint density at radius 3 is 2.35 bits per heavy atom. The first-order valence-corrected chi connectivity index (χ1v) is 12.3. The van der Waals surface area contributed by atoms with Crippen molar-refractivity contribution < 1.29 is 28.6 Å². The number of carbonyl (C=O) groups is 2. The van der Waals surface area contributed by atoms with Crippen molar-refractivity contribution in [1.82, 2.24) is 0 Å². The number of rotatable bonds is 3. The van der Waals surface area contributed by atoms with E-state index < -0.39 is 37.0 Å². The van der Waals surface area contributed by atoms with Crippen LogP contribution in [0.2, 0.25) is 10.0 Å². The number of nitrogens with zero attached hydrogens (tertiary/aromatic N) is 2. The van der Waals surface area contributed by atoms with Gasteiger partial charge in [0.1, 0.15) is 0 Å². The molecule has 0 fully saturated rings. The minimum Gasteiger partial charge on any atom is -0.393 e. The number of anilines is 2. The van der Waals surface area contributed by atoms with E-state index in [0.717, 1.165) is 16.5 Å². The molecule has 0 radical (unpaired) electrons. The van der Waals surface area contributed by atoms with E-state index in [-0.39, 0.29) is 27.7 Å². The van der Waals surface area contributed by atoms with Gasteiger partial charge in [0.05, 0.1) is 12.3 Å². The van der Waals surface area contributed by atoms with Crippen LogP contribution in [0.1, 0.15) is 38.3 Å². The molecule has 5 rings (SSSR count). The summed E-state index contributed by atoms with van der Waals surface area (Å²) in [6.45, 7) is -1.20. The Labute approximate surface area is 221 Å². The SMILES string of the molecule is O=C1c2ccc(Cl)cc2CCN1c1ccc(C(=O)N2CCC(F)(F)[C@](O)(CO)c3cc(Cl)ccc32)cc1. The van der Waals surface area contributed by atoms with Crippen molar-refractivity contribution in [1.29, 1.82) is 0 Å². The largest absolute Gasteiger partial charge is 0.393 e. The van der Waals surface area contributed by atoms with Gasteiger partial charge in [-0.05, 0) is 72.6 Å². The van der Waals surface area contributed by atoms with Crippen molar-refractivity contribution in [3.8, 4) is 0 Å². The molecule has 6 nitrogen and oxygen atoms in total. The predicted molar refractivity (Wildman–Crippen MR) is 137 cm³/mol. The lowest BCUT2D eigenvalue weighted by Crippen LogP contribution is -2.48. The second kappa shape index (κ2) is 9.36. The lowest BCUT2D eigenvalue weighted by atomic mass is 9.86. The molecule has 1 atom stereocenters. The first-order valence-electron chi connectivity index (χ1n) is 11.6. The molecule has 2 aliphatic rings. The normalized spacial score (nSPS) is 20.8. The highest BCUT2D eigenvalue weighted by Gasteiger charge is 2.56. The van der Waals surface area contributed by atoms with Crippen LogP contribution < -0.4 is 9.80 Å². The second-order valence-electron chi connectivity index (χ2n) is 9.15. The summed E-state index contributed by atoms with van der Waals surface area (Å²) in [4.78, 5) is 29.3. The van der Waals surface area contributed by atoms with Gasteiger partial charge < -0.3 is 20.0 Å². The van der Waals surface area contributed by atoms with Crippen LogP contribution in [0.25, 0.3) is 0 Å². The summed E-state index contributed by atoms with van der Waals surface area (Å²) >= 11 is 12.1. The standard InChI is InChI=1S/C27H22Cl2F2N2O4/c28-18-3-7-21-17(13-18)9-11-32(25(21)36)20-5-1-16(2-6-20)24(35)33-12-10-27(30,31)26(37,15-34)22-14-19(29)4-8-23(22)33/h1-8,13-14,34,37H,9-12,15H2/t26-/m0/s1. The highest BCUT2D eigenvalue weighted by atomic mass is 35.5. The first-order chi connectivity index (χ1) is 17.6. The summed E-state index contributed by atoms with van der Waals surface area (Å²) in [7, 11) is 0. The van der Waals surface area contributed by atoms with E-state index in [4.69, 9.17) is 23.2 Å². The molecule has 3 aromatic rings. The molecule has 0 bridgehead atoms. The summed E-state index contributed by atoms with van der Waals surface area (Å²) in [5.41, 5.74) is -0.957. The van der Waals surface area contributed by atoms with Crippen molar-refractivity contribution in [3.63, 3.8) is 0 Å². The van der Waals surface area contributed by atoms with Crippen LogP contribution in [-0.4, -0.2) is 47.6 Å². The maximum Gasteiger partial charge on any atom is 0.284 e. The van der Waals surface area contributed by atoms with Crippen molar-refractivity contribution in [2.45, 2.75) is 24.4 Å². The molecule has 2 amide bonds. The Hall–Kier alpha value is -3.04. The van der Waals surface area contributed by atoms with Crippen LogP contribution in [-0.2, 0) is 12.0 Å². The van der Waals surface area contributed by atoms with Crippen LogP contribution in [0.15, 0.2) is 60.7 Å². The van der Waals surface area contributed by atoms with E-state index in [2.05, 4.69) is 0 Å². The number of alkyl halides is 2. The third-order valence-corrected chi connectivity index (χ3v) is 7.47. The van der Waals surface area contributed by atoms with E-state index in [1.807, 2.05) is 0 Å². The molecule has 37 heavy (non-hydrogen) atoms. The van der Waals surface area contributed by atoms with Crippen molar-refractivity contribution in [3.05, 3.63) is 93.0 Å². The maximum atomic E-state index is 15.0. The number of hydrogen-bond donors (Lipinski definition) is 2. The Kier molecular flexibility index (Phi) is 6.48. The average molecular weight is 547 g/mol. The number of aliphatic hydroxyl groups is 2. The van der Waals surface area contributed by atoms with Crippen LogP contribution >= 0.6 is 23.2 Å². The molecule has 0 aromatic heterocycles. The van der Waals surface area contributed by atoms with E-state index in [9.17, 15) is 28.6 Å². The van der Waals surface area contributed by atoms with E-state index in [0.29, 0.717) is 29.2 Å². The van der Waals surface area contributed by atoms with Gasteiger partial charge in [0.15, 0.2) is 5.60 Å². The third kappa shape index (κ3) is 4.28. The molecule has 2 heterocycles. The van der Waals surface area contributed by atoms with Gasteiger partial charge in [-0.3, -0.25) is 9.59 Å². The number of hydrogen-bond acceptors (Lipinski definition) is 4. The number of fused-ring (bicyclic) bond motifs is 2. The lowest BCUT2D eigenvalue weighted by Gasteiger charge is -2.33. The number of carbonyl (C=O) groups excluding carboxylic acids is 2. The van der Waals surface area contributed by atoms with Gasteiger partial charge in [0.25, 0.3) is 17.7 Å². The third-order valence-electron chi connectivity index (χ3n) is 7.00. The molecular formula is C27H22Cl2F2N2O4. The van der Waals surface area contributed by atoms with Crippen molar-refractivity contribution >= 4 is 46.4 Å². The topological polar surface area (TPSA) is 81.1 Å². The maximum absolute atomic E-state index is 15.0. The second-order valence-corrected chi connectivity index (χ2v) is 10.0. The van der Waals surface area contributed by atoms with Crippen LogP contribution in [0.3, 0.4) is 0 Å². The van der Waals surface area contributed by atoms with E-state index in [1.165, 1.54) is 24.3 Å². The zero-order chi connectivity index (χ0) is 26.5. The fourth-order valence-electron chi connectivity index (χ4n) is 4.91. The molecule has 0 unspecified atom stereocenters. The van der Waals surface area contributed by atoms with Gasteiger partial charge >= 0.3 is 0 Å². The molecule has 2 aliphatic heterocycles. The average Bonchev–Trinajstić information content (AvgIpc) is 2.96. The first kappa shape index (κ1) is 25.6. The quantitative estimate of drug-likeness (QED) is 0.481. The van der Waals surface area contributed by atoms with Crippen molar-refractivity contribution in [2.24, 2.45) is 0 Å². The molecule has 0 saturated heterocycles. The van der Waals surface area contributed by atoms with Crippen LogP contribution in [0.4, 0.5) is 20.2 Å². The molecule has 3 aromatic carbocycles. The molecular weight excluding hydrogens is 525 g/mol. The fraction of sp³-hybridized carbons (Fsp3) is 0.259. The molecule has 0 spiro atoms. The summed E-state index contributed by atoms with van der Waals surface area (Å²) in [6.07, 6.45) is -0.247. The van der Waals surface area contributed by atoms with Gasteiger partial charge in [-0.15, -0.1) is 0 Å². The Morgan fingerprint density at radius 1 is 0.973 bits per heavy atom. The zero-order valence-corrected chi connectivity index (χ0v) is 20.9. The molecule has 0 saturated carbocycles. The summed E-state index contributed by atoms with van der Waals surface area (Å²) in [5, 5.41) is 21.2. The van der Waals surface area contributed by atoms with Crippen LogP contribution in [0, 0.1) is 0 Å². The number of amides is 2. The predicted octanol–water partition coefficient (Wildman–Crippen LogP) is 5.06. The Morgan fingerprint density at radius 2 is 1.65 bits per heavy atom. The zero-order valence-electron chi connectivity index (χ0n) is 19.4. The molecule has 0 aliphatic carbocycles.